The second-order valence-corrected chi connectivity index (χ2v) is 7.80. The van der Waals surface area contributed by atoms with Gasteiger partial charge < -0.3 is 4.74 Å². The van der Waals surface area contributed by atoms with Gasteiger partial charge in [-0.25, -0.2) is 12.8 Å². The van der Waals surface area contributed by atoms with Gasteiger partial charge in [-0.3, -0.25) is 20.4 Å². The summed E-state index contributed by atoms with van der Waals surface area (Å²) in [4.78, 5) is 24.0. The Balaban J connectivity index is 1.95. The van der Waals surface area contributed by atoms with E-state index in [1.54, 1.807) is 13.8 Å². The molecule has 0 atom stereocenters. The summed E-state index contributed by atoms with van der Waals surface area (Å²) in [7, 11) is -3.71. The van der Waals surface area contributed by atoms with Gasteiger partial charge in [-0.15, -0.1) is 0 Å². The van der Waals surface area contributed by atoms with Crippen molar-refractivity contribution in [3.05, 3.63) is 59.9 Å². The number of sulfonamides is 1. The standard InChI is InChI=1S/C19H22FN3O5S/c1-3-23(4-2)29(26,27)17-7-5-6-14(12-17)19(25)22-21-18(24)13-28-16-10-8-15(20)9-11-16/h5-12H,3-4,13H2,1-2H3,(H,21,24)(H,22,25). The molecule has 2 rings (SSSR count). The lowest BCUT2D eigenvalue weighted by Gasteiger charge is -2.18. The Labute approximate surface area is 168 Å². The first-order valence-corrected chi connectivity index (χ1v) is 10.3. The molecule has 2 N–H and O–H groups in total. The third kappa shape index (κ3) is 6.00. The van der Waals surface area contributed by atoms with Crippen LogP contribution in [0.1, 0.15) is 24.2 Å². The minimum absolute atomic E-state index is 0.0141. The Morgan fingerprint density at radius 1 is 1.03 bits per heavy atom. The van der Waals surface area contributed by atoms with E-state index >= 15 is 0 Å². The summed E-state index contributed by atoms with van der Waals surface area (Å²) >= 11 is 0. The number of halogens is 1. The molecule has 0 heterocycles. The molecule has 0 saturated carbocycles. The molecular formula is C19H22FN3O5S. The molecule has 156 valence electrons. The maximum atomic E-state index is 12.8. The van der Waals surface area contributed by atoms with Crippen molar-refractivity contribution in [1.29, 1.82) is 0 Å². The maximum Gasteiger partial charge on any atom is 0.276 e. The van der Waals surface area contributed by atoms with E-state index in [1.807, 2.05) is 0 Å². The van der Waals surface area contributed by atoms with Crippen LogP contribution in [0.2, 0.25) is 0 Å². The molecule has 0 aliphatic rings. The van der Waals surface area contributed by atoms with E-state index in [1.165, 1.54) is 52.8 Å². The molecule has 0 spiro atoms. The van der Waals surface area contributed by atoms with E-state index in [-0.39, 0.29) is 10.5 Å². The number of nitrogens with zero attached hydrogens (tertiary/aromatic N) is 1. The van der Waals surface area contributed by atoms with Crippen LogP contribution >= 0.6 is 0 Å². The largest absolute Gasteiger partial charge is 0.484 e. The van der Waals surface area contributed by atoms with Gasteiger partial charge in [0, 0.05) is 18.7 Å². The minimum atomic E-state index is -3.71. The Morgan fingerprint density at radius 2 is 1.69 bits per heavy atom. The first-order valence-electron chi connectivity index (χ1n) is 8.85. The Hall–Kier alpha value is -2.98. The number of ether oxygens (including phenoxy) is 1. The van der Waals surface area contributed by atoms with Crippen molar-refractivity contribution >= 4 is 21.8 Å². The van der Waals surface area contributed by atoms with E-state index in [2.05, 4.69) is 10.9 Å². The molecule has 2 aromatic rings. The molecule has 8 nitrogen and oxygen atoms in total. The zero-order valence-electron chi connectivity index (χ0n) is 16.0. The second kappa shape index (κ2) is 9.99. The minimum Gasteiger partial charge on any atom is -0.484 e. The molecule has 0 bridgehead atoms. The van der Waals surface area contributed by atoms with E-state index in [0.717, 1.165) is 0 Å². The van der Waals surface area contributed by atoms with Crippen molar-refractivity contribution in [2.24, 2.45) is 0 Å². The summed E-state index contributed by atoms with van der Waals surface area (Å²) in [5, 5.41) is 0. The van der Waals surface area contributed by atoms with Gasteiger partial charge in [0.05, 0.1) is 4.90 Å². The topological polar surface area (TPSA) is 105 Å². The first kappa shape index (κ1) is 22.3. The molecule has 0 unspecified atom stereocenters. The molecule has 10 heteroatoms. The predicted molar refractivity (Wildman–Crippen MR) is 104 cm³/mol. The van der Waals surface area contributed by atoms with Gasteiger partial charge in [0.15, 0.2) is 6.61 Å². The van der Waals surface area contributed by atoms with Crippen LogP contribution in [-0.2, 0) is 14.8 Å². The van der Waals surface area contributed by atoms with Crippen LogP contribution in [0.25, 0.3) is 0 Å². The van der Waals surface area contributed by atoms with Crippen molar-refractivity contribution in [3.8, 4) is 5.75 Å². The maximum absolute atomic E-state index is 12.8. The summed E-state index contributed by atoms with van der Waals surface area (Å²) in [5.74, 6) is -1.46. The molecule has 0 aliphatic heterocycles. The van der Waals surface area contributed by atoms with Crippen molar-refractivity contribution in [1.82, 2.24) is 15.2 Å². The van der Waals surface area contributed by atoms with Crippen LogP contribution in [0.4, 0.5) is 4.39 Å². The van der Waals surface area contributed by atoms with Crippen molar-refractivity contribution in [2.75, 3.05) is 19.7 Å². The van der Waals surface area contributed by atoms with E-state index in [9.17, 15) is 22.4 Å². The fourth-order valence-electron chi connectivity index (χ4n) is 2.42. The number of amides is 2. The van der Waals surface area contributed by atoms with Crippen LogP contribution in [0.5, 0.6) is 5.75 Å². The number of nitrogens with one attached hydrogen (secondary N) is 2. The number of hydrogen-bond donors (Lipinski definition) is 2. The summed E-state index contributed by atoms with van der Waals surface area (Å²) in [6, 6.07) is 10.6. The molecule has 0 radical (unpaired) electrons. The van der Waals surface area contributed by atoms with Crippen LogP contribution < -0.4 is 15.6 Å². The summed E-state index contributed by atoms with van der Waals surface area (Å²) < 4.78 is 44.4. The highest BCUT2D eigenvalue weighted by Gasteiger charge is 2.22. The number of carbonyl (C=O) groups is 2. The average Bonchev–Trinajstić information content (AvgIpc) is 2.72. The average molecular weight is 423 g/mol. The van der Waals surface area contributed by atoms with Gasteiger partial charge in [0.25, 0.3) is 11.8 Å². The van der Waals surface area contributed by atoms with Gasteiger partial charge in [0.2, 0.25) is 10.0 Å². The highest BCUT2D eigenvalue weighted by Crippen LogP contribution is 2.17. The number of carbonyl (C=O) groups excluding carboxylic acids is 2. The van der Waals surface area contributed by atoms with Crippen LogP contribution in [0.3, 0.4) is 0 Å². The lowest BCUT2D eigenvalue weighted by Crippen LogP contribution is -2.43. The monoisotopic (exact) mass is 423 g/mol. The zero-order valence-corrected chi connectivity index (χ0v) is 16.8. The predicted octanol–water partition coefficient (Wildman–Crippen LogP) is 1.70. The number of hydrogen-bond acceptors (Lipinski definition) is 5. The molecule has 0 aromatic heterocycles. The lowest BCUT2D eigenvalue weighted by atomic mass is 10.2. The normalized spacial score (nSPS) is 11.2. The van der Waals surface area contributed by atoms with Gasteiger partial charge >= 0.3 is 0 Å². The van der Waals surface area contributed by atoms with Gasteiger partial charge in [-0.1, -0.05) is 19.9 Å². The molecule has 0 fully saturated rings. The molecule has 29 heavy (non-hydrogen) atoms. The summed E-state index contributed by atoms with van der Waals surface area (Å²) in [6.07, 6.45) is 0. The third-order valence-electron chi connectivity index (χ3n) is 3.94. The van der Waals surface area contributed by atoms with Gasteiger partial charge in [-0.2, -0.15) is 4.31 Å². The summed E-state index contributed by atoms with van der Waals surface area (Å²) in [6.45, 7) is 3.66. The van der Waals surface area contributed by atoms with E-state index in [0.29, 0.717) is 18.8 Å². The van der Waals surface area contributed by atoms with Crippen molar-refractivity contribution < 1.29 is 27.1 Å². The quantitative estimate of drug-likeness (QED) is 0.629. The highest BCUT2D eigenvalue weighted by molar-refractivity contribution is 7.89. The van der Waals surface area contributed by atoms with Gasteiger partial charge in [-0.05, 0) is 42.5 Å². The number of benzene rings is 2. The van der Waals surface area contributed by atoms with E-state index < -0.39 is 34.3 Å². The fraction of sp³-hybridized carbons (Fsp3) is 0.263. The van der Waals surface area contributed by atoms with Crippen LogP contribution in [-0.4, -0.2) is 44.2 Å². The van der Waals surface area contributed by atoms with Crippen molar-refractivity contribution in [3.63, 3.8) is 0 Å². The number of rotatable bonds is 8. The SMILES string of the molecule is CCN(CC)S(=O)(=O)c1cccc(C(=O)NNC(=O)COc2ccc(F)cc2)c1. The zero-order chi connectivity index (χ0) is 21.4. The van der Waals surface area contributed by atoms with E-state index in [4.69, 9.17) is 4.74 Å². The fourth-order valence-corrected chi connectivity index (χ4v) is 3.93. The number of hydrazine groups is 1. The summed E-state index contributed by atoms with van der Waals surface area (Å²) in [5.41, 5.74) is 4.43. The van der Waals surface area contributed by atoms with Crippen LogP contribution in [0, 0.1) is 5.82 Å². The van der Waals surface area contributed by atoms with Crippen LogP contribution in [0.15, 0.2) is 53.4 Å². The molecule has 2 amide bonds. The smallest absolute Gasteiger partial charge is 0.276 e. The Kier molecular flexibility index (Phi) is 7.68. The molecule has 2 aromatic carbocycles. The lowest BCUT2D eigenvalue weighted by molar-refractivity contribution is -0.123. The molecule has 0 aliphatic carbocycles. The second-order valence-electron chi connectivity index (χ2n) is 5.86. The highest BCUT2D eigenvalue weighted by atomic mass is 32.2. The molecule has 0 saturated heterocycles. The third-order valence-corrected chi connectivity index (χ3v) is 5.98. The Morgan fingerprint density at radius 3 is 2.31 bits per heavy atom. The first-order chi connectivity index (χ1) is 13.8. The Bertz CT molecular complexity index is 960. The van der Waals surface area contributed by atoms with Gasteiger partial charge in [0.1, 0.15) is 11.6 Å². The van der Waals surface area contributed by atoms with Crippen molar-refractivity contribution in [2.45, 2.75) is 18.7 Å². The molecular weight excluding hydrogens is 401 g/mol.